The summed E-state index contributed by atoms with van der Waals surface area (Å²) >= 11 is 0. The molecule has 0 amide bonds. The Bertz CT molecular complexity index is 245. The fourth-order valence-electron chi connectivity index (χ4n) is 2.72. The van der Waals surface area contributed by atoms with Crippen molar-refractivity contribution in [1.82, 2.24) is 5.32 Å². The second kappa shape index (κ2) is 8.48. The minimum absolute atomic E-state index is 0.472. The van der Waals surface area contributed by atoms with E-state index in [4.69, 9.17) is 9.84 Å². The van der Waals surface area contributed by atoms with Crippen LogP contribution in [0.2, 0.25) is 0 Å². The van der Waals surface area contributed by atoms with Crippen molar-refractivity contribution >= 4 is 5.97 Å². The summed E-state index contributed by atoms with van der Waals surface area (Å²) < 4.78 is 5.65. The van der Waals surface area contributed by atoms with Crippen molar-refractivity contribution in [2.45, 2.75) is 52.0 Å². The molecule has 1 saturated carbocycles. The largest absolute Gasteiger partial charge is 0.480 e. The molecule has 0 aliphatic heterocycles. The molecule has 1 rings (SSSR count). The molecule has 0 saturated heterocycles. The lowest BCUT2D eigenvalue weighted by Gasteiger charge is -2.26. The highest BCUT2D eigenvalue weighted by Crippen LogP contribution is 2.28. The standard InChI is InChI=1S/C14H27NO3/c1-3-15-13(14(16)17)7-8-18-10-12-6-4-5-11(2)9-12/h11-13,15H,3-10H2,1-2H3,(H,16,17). The topological polar surface area (TPSA) is 58.6 Å². The first kappa shape index (κ1) is 15.4. The van der Waals surface area contributed by atoms with Gasteiger partial charge in [-0.05, 0) is 37.6 Å². The molecular weight excluding hydrogens is 230 g/mol. The van der Waals surface area contributed by atoms with Gasteiger partial charge in [-0.25, -0.2) is 0 Å². The van der Waals surface area contributed by atoms with Gasteiger partial charge in [0, 0.05) is 13.2 Å². The van der Waals surface area contributed by atoms with Crippen LogP contribution in [0, 0.1) is 11.8 Å². The molecule has 2 N–H and O–H groups in total. The molecular formula is C14H27NO3. The van der Waals surface area contributed by atoms with Gasteiger partial charge in [0.15, 0.2) is 0 Å². The van der Waals surface area contributed by atoms with Crippen LogP contribution < -0.4 is 5.32 Å². The Kier molecular flexibility index (Phi) is 7.28. The van der Waals surface area contributed by atoms with Crippen LogP contribution in [0.3, 0.4) is 0 Å². The van der Waals surface area contributed by atoms with Crippen LogP contribution in [0.1, 0.15) is 46.0 Å². The zero-order chi connectivity index (χ0) is 13.4. The summed E-state index contributed by atoms with van der Waals surface area (Å²) in [5.41, 5.74) is 0. The van der Waals surface area contributed by atoms with Crippen molar-refractivity contribution in [2.24, 2.45) is 11.8 Å². The number of likely N-dealkylation sites (N-methyl/N-ethyl adjacent to an activating group) is 1. The zero-order valence-electron chi connectivity index (χ0n) is 11.7. The quantitative estimate of drug-likeness (QED) is 0.655. The summed E-state index contributed by atoms with van der Waals surface area (Å²) in [6.45, 7) is 6.23. The van der Waals surface area contributed by atoms with Crippen LogP contribution in [-0.4, -0.2) is 36.9 Å². The Balaban J connectivity index is 2.11. The average molecular weight is 257 g/mol. The highest BCUT2D eigenvalue weighted by molar-refractivity contribution is 5.73. The number of nitrogens with one attached hydrogen (secondary N) is 1. The molecule has 1 aliphatic carbocycles. The van der Waals surface area contributed by atoms with Gasteiger partial charge >= 0.3 is 5.97 Å². The fraction of sp³-hybridized carbons (Fsp3) is 0.929. The van der Waals surface area contributed by atoms with Gasteiger partial charge in [-0.1, -0.05) is 26.7 Å². The van der Waals surface area contributed by atoms with Gasteiger partial charge in [0.25, 0.3) is 0 Å². The molecule has 0 bridgehead atoms. The van der Waals surface area contributed by atoms with Crippen LogP contribution in [0.25, 0.3) is 0 Å². The Morgan fingerprint density at radius 2 is 2.28 bits per heavy atom. The molecule has 0 aromatic heterocycles. The van der Waals surface area contributed by atoms with Gasteiger partial charge < -0.3 is 15.2 Å². The Hall–Kier alpha value is -0.610. The van der Waals surface area contributed by atoms with Gasteiger partial charge in [-0.3, -0.25) is 4.79 Å². The Morgan fingerprint density at radius 3 is 2.89 bits per heavy atom. The smallest absolute Gasteiger partial charge is 0.320 e. The van der Waals surface area contributed by atoms with Crippen molar-refractivity contribution in [2.75, 3.05) is 19.8 Å². The van der Waals surface area contributed by atoms with Gasteiger partial charge in [-0.15, -0.1) is 0 Å². The van der Waals surface area contributed by atoms with Gasteiger partial charge in [-0.2, -0.15) is 0 Å². The SMILES string of the molecule is CCNC(CCOCC1CCCC(C)C1)C(=O)O. The molecule has 1 fully saturated rings. The van der Waals surface area contributed by atoms with Crippen molar-refractivity contribution in [3.8, 4) is 0 Å². The monoisotopic (exact) mass is 257 g/mol. The zero-order valence-corrected chi connectivity index (χ0v) is 11.7. The first-order valence-electron chi connectivity index (χ1n) is 7.17. The minimum atomic E-state index is -0.785. The third-order valence-electron chi connectivity index (χ3n) is 3.70. The average Bonchev–Trinajstić information content (AvgIpc) is 2.33. The second-order valence-electron chi connectivity index (χ2n) is 5.45. The van der Waals surface area contributed by atoms with Crippen molar-refractivity contribution < 1.29 is 14.6 Å². The van der Waals surface area contributed by atoms with Crippen molar-refractivity contribution in [3.05, 3.63) is 0 Å². The van der Waals surface area contributed by atoms with E-state index in [1.807, 2.05) is 6.92 Å². The van der Waals surface area contributed by atoms with Crippen LogP contribution in [0.4, 0.5) is 0 Å². The van der Waals surface area contributed by atoms with Crippen LogP contribution >= 0.6 is 0 Å². The molecule has 0 heterocycles. The summed E-state index contributed by atoms with van der Waals surface area (Å²) in [4.78, 5) is 10.9. The van der Waals surface area contributed by atoms with E-state index in [1.54, 1.807) is 0 Å². The summed E-state index contributed by atoms with van der Waals surface area (Å²) in [5, 5.41) is 11.9. The highest BCUT2D eigenvalue weighted by atomic mass is 16.5. The van der Waals surface area contributed by atoms with Crippen LogP contribution in [0.5, 0.6) is 0 Å². The van der Waals surface area contributed by atoms with E-state index in [0.717, 1.165) is 12.5 Å². The number of carboxylic acids is 1. The van der Waals surface area contributed by atoms with Gasteiger partial charge in [0.2, 0.25) is 0 Å². The van der Waals surface area contributed by atoms with E-state index >= 15 is 0 Å². The Morgan fingerprint density at radius 1 is 1.50 bits per heavy atom. The molecule has 4 nitrogen and oxygen atoms in total. The summed E-state index contributed by atoms with van der Waals surface area (Å²) in [6, 6.07) is -0.472. The number of hydrogen-bond acceptors (Lipinski definition) is 3. The lowest BCUT2D eigenvalue weighted by atomic mass is 9.83. The maximum Gasteiger partial charge on any atom is 0.320 e. The summed E-state index contributed by atoms with van der Waals surface area (Å²) in [7, 11) is 0. The molecule has 0 aromatic rings. The van der Waals surface area contributed by atoms with Crippen molar-refractivity contribution in [3.63, 3.8) is 0 Å². The van der Waals surface area contributed by atoms with E-state index in [2.05, 4.69) is 12.2 Å². The number of carbonyl (C=O) groups is 1. The molecule has 0 radical (unpaired) electrons. The molecule has 3 unspecified atom stereocenters. The van der Waals surface area contributed by atoms with Crippen molar-refractivity contribution in [1.29, 1.82) is 0 Å². The highest BCUT2D eigenvalue weighted by Gasteiger charge is 2.19. The molecule has 0 spiro atoms. The lowest BCUT2D eigenvalue weighted by Crippen LogP contribution is -2.37. The van der Waals surface area contributed by atoms with Gasteiger partial charge in [0.05, 0.1) is 0 Å². The summed E-state index contributed by atoms with van der Waals surface area (Å²) in [5.74, 6) is 0.712. The van der Waals surface area contributed by atoms with E-state index in [-0.39, 0.29) is 0 Å². The molecule has 18 heavy (non-hydrogen) atoms. The predicted octanol–water partition coefficient (Wildman–Crippen LogP) is 2.28. The Labute approximate surface area is 110 Å². The summed E-state index contributed by atoms with van der Waals surface area (Å²) in [6.07, 6.45) is 5.73. The molecule has 106 valence electrons. The number of hydrogen-bond donors (Lipinski definition) is 2. The molecule has 1 aliphatic rings. The van der Waals surface area contributed by atoms with Crippen LogP contribution in [0.15, 0.2) is 0 Å². The maximum absolute atomic E-state index is 10.9. The number of aliphatic carboxylic acids is 1. The first-order chi connectivity index (χ1) is 8.63. The minimum Gasteiger partial charge on any atom is -0.480 e. The molecule has 0 aromatic carbocycles. The lowest BCUT2D eigenvalue weighted by molar-refractivity contribution is -0.140. The predicted molar refractivity (Wildman–Crippen MR) is 71.7 cm³/mol. The molecule has 4 heteroatoms. The second-order valence-corrected chi connectivity index (χ2v) is 5.45. The number of ether oxygens (including phenoxy) is 1. The third-order valence-corrected chi connectivity index (χ3v) is 3.70. The molecule has 3 atom stereocenters. The van der Waals surface area contributed by atoms with E-state index in [9.17, 15) is 4.79 Å². The fourth-order valence-corrected chi connectivity index (χ4v) is 2.72. The van der Waals surface area contributed by atoms with Gasteiger partial charge in [0.1, 0.15) is 6.04 Å². The maximum atomic E-state index is 10.9. The first-order valence-corrected chi connectivity index (χ1v) is 7.17. The van der Waals surface area contributed by atoms with E-state index < -0.39 is 12.0 Å². The van der Waals surface area contributed by atoms with E-state index in [1.165, 1.54) is 25.7 Å². The third kappa shape index (κ3) is 5.83. The van der Waals surface area contributed by atoms with Crippen LogP contribution in [-0.2, 0) is 9.53 Å². The van der Waals surface area contributed by atoms with E-state index in [0.29, 0.717) is 25.5 Å². The number of rotatable bonds is 8. The number of carboxylic acid groups (broad SMARTS) is 1. The normalized spacial score (nSPS) is 25.9.